The van der Waals surface area contributed by atoms with Crippen molar-refractivity contribution < 1.29 is 13.9 Å². The maximum Gasteiger partial charge on any atom is 0.231 e. The molecule has 124 valence electrons. The first-order chi connectivity index (χ1) is 11.0. The van der Waals surface area contributed by atoms with Gasteiger partial charge in [0.25, 0.3) is 0 Å². The van der Waals surface area contributed by atoms with Gasteiger partial charge in [-0.3, -0.25) is 14.6 Å². The number of likely N-dealkylation sites (N-methyl/N-ethyl adjacent to an activating group) is 1. The molecule has 0 spiro atoms. The van der Waals surface area contributed by atoms with E-state index in [1.807, 2.05) is 18.0 Å². The van der Waals surface area contributed by atoms with E-state index in [-0.39, 0.29) is 24.1 Å². The number of nitrogens with zero attached hydrogens (tertiary/aromatic N) is 3. The van der Waals surface area contributed by atoms with Gasteiger partial charge in [-0.25, -0.2) is 4.39 Å². The third kappa shape index (κ3) is 5.28. The molecule has 1 aromatic rings. The molecule has 1 heterocycles. The van der Waals surface area contributed by atoms with Gasteiger partial charge in [0, 0.05) is 26.2 Å². The number of ether oxygens (including phenoxy) is 1. The van der Waals surface area contributed by atoms with Gasteiger partial charge in [0.2, 0.25) is 5.91 Å². The molecule has 1 aliphatic heterocycles. The Morgan fingerprint density at radius 2 is 2.39 bits per heavy atom. The van der Waals surface area contributed by atoms with E-state index in [0.29, 0.717) is 26.2 Å². The van der Waals surface area contributed by atoms with Crippen LogP contribution in [0.2, 0.25) is 0 Å². The van der Waals surface area contributed by atoms with E-state index in [1.54, 1.807) is 12.1 Å². The summed E-state index contributed by atoms with van der Waals surface area (Å²) in [6.45, 7) is 3.53. The molecule has 1 saturated heterocycles. The number of hydrogen-bond donors (Lipinski definition) is 1. The maximum atomic E-state index is 13.4. The predicted octanol–water partition coefficient (Wildman–Crippen LogP) is 0.315. The van der Waals surface area contributed by atoms with E-state index in [2.05, 4.69) is 4.90 Å². The van der Waals surface area contributed by atoms with Gasteiger partial charge in [-0.1, -0.05) is 6.07 Å². The van der Waals surface area contributed by atoms with Crippen molar-refractivity contribution >= 4 is 5.91 Å². The Kier molecular flexibility index (Phi) is 6.04. The minimum atomic E-state index is -0.496. The lowest BCUT2D eigenvalue weighted by Crippen LogP contribution is -2.47. The van der Waals surface area contributed by atoms with E-state index in [0.717, 1.165) is 12.1 Å². The highest BCUT2D eigenvalue weighted by molar-refractivity contribution is 5.75. The summed E-state index contributed by atoms with van der Waals surface area (Å²) in [4.78, 5) is 14.9. The normalized spacial score (nSPS) is 18.8. The fraction of sp³-hybridized carbons (Fsp3) is 0.500. The van der Waals surface area contributed by atoms with E-state index >= 15 is 0 Å². The first-order valence-corrected chi connectivity index (χ1v) is 7.47. The Balaban J connectivity index is 1.91. The Labute approximate surface area is 135 Å². The standard InChI is InChI=1S/C16H21FN4O2/c1-20(11-16(19)22)9-14-10-21(4-5-23-14)8-12-2-3-15(17)13(6-12)7-18/h2-3,6,14H,4-5,8-11H2,1H3,(H2,19,22)/t14-/m1/s1. The zero-order chi connectivity index (χ0) is 16.8. The predicted molar refractivity (Wildman–Crippen MR) is 82.8 cm³/mol. The average Bonchev–Trinajstić information content (AvgIpc) is 2.48. The van der Waals surface area contributed by atoms with Crippen molar-refractivity contribution in [2.24, 2.45) is 5.73 Å². The quantitative estimate of drug-likeness (QED) is 0.816. The van der Waals surface area contributed by atoms with Crippen LogP contribution < -0.4 is 5.73 Å². The van der Waals surface area contributed by atoms with E-state index in [1.165, 1.54) is 6.07 Å². The van der Waals surface area contributed by atoms with Crippen molar-refractivity contribution in [3.05, 3.63) is 35.1 Å². The second-order valence-corrected chi connectivity index (χ2v) is 5.82. The van der Waals surface area contributed by atoms with Crippen molar-refractivity contribution in [1.29, 1.82) is 5.26 Å². The van der Waals surface area contributed by atoms with Crippen LogP contribution in [0.5, 0.6) is 0 Å². The molecule has 1 amide bonds. The highest BCUT2D eigenvalue weighted by Gasteiger charge is 2.22. The van der Waals surface area contributed by atoms with Crippen molar-refractivity contribution in [1.82, 2.24) is 9.80 Å². The first-order valence-electron chi connectivity index (χ1n) is 7.47. The topological polar surface area (TPSA) is 82.6 Å². The molecule has 0 aromatic heterocycles. The lowest BCUT2D eigenvalue weighted by Gasteiger charge is -2.34. The zero-order valence-corrected chi connectivity index (χ0v) is 13.2. The van der Waals surface area contributed by atoms with E-state index in [9.17, 15) is 9.18 Å². The molecule has 0 saturated carbocycles. The minimum absolute atomic E-state index is 0.0102. The molecule has 2 N–H and O–H groups in total. The Bertz CT molecular complexity index is 602. The molecule has 23 heavy (non-hydrogen) atoms. The summed E-state index contributed by atoms with van der Waals surface area (Å²) >= 11 is 0. The highest BCUT2D eigenvalue weighted by atomic mass is 19.1. The summed E-state index contributed by atoms with van der Waals surface area (Å²) in [5.74, 6) is -0.861. The van der Waals surface area contributed by atoms with Gasteiger partial charge in [-0.05, 0) is 24.7 Å². The second kappa shape index (κ2) is 8.02. The molecule has 6 nitrogen and oxygen atoms in total. The molecule has 0 aliphatic carbocycles. The summed E-state index contributed by atoms with van der Waals surface area (Å²) in [7, 11) is 1.83. The SMILES string of the molecule is CN(CC(N)=O)C[C@@H]1CN(Cc2ccc(F)c(C#N)c2)CCO1. The fourth-order valence-corrected chi connectivity index (χ4v) is 2.73. The third-order valence-electron chi connectivity index (χ3n) is 3.72. The van der Waals surface area contributed by atoms with Gasteiger partial charge in [0.15, 0.2) is 0 Å². The van der Waals surface area contributed by atoms with Crippen LogP contribution >= 0.6 is 0 Å². The number of hydrogen-bond acceptors (Lipinski definition) is 5. The summed E-state index contributed by atoms with van der Waals surface area (Å²) in [6, 6.07) is 6.46. The number of nitriles is 1. The van der Waals surface area contributed by atoms with E-state index in [4.69, 9.17) is 15.7 Å². The van der Waals surface area contributed by atoms with Gasteiger partial charge in [-0.15, -0.1) is 0 Å². The fourth-order valence-electron chi connectivity index (χ4n) is 2.73. The first kappa shape index (κ1) is 17.3. The van der Waals surface area contributed by atoms with Gasteiger partial charge in [0.1, 0.15) is 11.9 Å². The molecule has 1 atom stereocenters. The average molecular weight is 320 g/mol. The summed E-state index contributed by atoms with van der Waals surface area (Å²) in [5.41, 5.74) is 6.14. The molecular weight excluding hydrogens is 299 g/mol. The second-order valence-electron chi connectivity index (χ2n) is 5.82. The van der Waals surface area contributed by atoms with Crippen molar-refractivity contribution in [3.8, 4) is 6.07 Å². The number of carbonyl (C=O) groups excluding carboxylic acids is 1. The number of nitrogens with two attached hydrogens (primary N) is 1. The number of rotatable bonds is 6. The largest absolute Gasteiger partial charge is 0.374 e. The van der Waals surface area contributed by atoms with Crippen LogP contribution in [-0.2, 0) is 16.1 Å². The van der Waals surface area contributed by atoms with Crippen molar-refractivity contribution in [2.75, 3.05) is 39.8 Å². The van der Waals surface area contributed by atoms with Crippen LogP contribution in [-0.4, -0.2) is 61.6 Å². The number of primary amides is 1. The van der Waals surface area contributed by atoms with Crippen LogP contribution in [0.1, 0.15) is 11.1 Å². The Hall–Kier alpha value is -2.01. The number of carbonyl (C=O) groups is 1. The molecule has 1 aromatic carbocycles. The lowest BCUT2D eigenvalue weighted by atomic mass is 10.1. The molecule has 0 bridgehead atoms. The van der Waals surface area contributed by atoms with Crippen LogP contribution in [0.3, 0.4) is 0 Å². The van der Waals surface area contributed by atoms with Gasteiger partial charge in [0.05, 0.1) is 24.8 Å². The lowest BCUT2D eigenvalue weighted by molar-refractivity contribution is -0.119. The molecule has 0 radical (unpaired) electrons. The Morgan fingerprint density at radius 1 is 1.61 bits per heavy atom. The van der Waals surface area contributed by atoms with Crippen LogP contribution in [0.15, 0.2) is 18.2 Å². The van der Waals surface area contributed by atoms with Crippen molar-refractivity contribution in [3.63, 3.8) is 0 Å². The highest BCUT2D eigenvalue weighted by Crippen LogP contribution is 2.14. The molecule has 7 heteroatoms. The number of benzene rings is 1. The van der Waals surface area contributed by atoms with Gasteiger partial charge >= 0.3 is 0 Å². The number of morpholine rings is 1. The Morgan fingerprint density at radius 3 is 3.09 bits per heavy atom. The van der Waals surface area contributed by atoms with Crippen LogP contribution in [0.4, 0.5) is 4.39 Å². The molecule has 1 fully saturated rings. The smallest absolute Gasteiger partial charge is 0.231 e. The van der Waals surface area contributed by atoms with Crippen molar-refractivity contribution in [2.45, 2.75) is 12.6 Å². The molecule has 0 unspecified atom stereocenters. The summed E-state index contributed by atoms with van der Waals surface area (Å²) in [5, 5.41) is 8.90. The van der Waals surface area contributed by atoms with Crippen LogP contribution in [0.25, 0.3) is 0 Å². The third-order valence-corrected chi connectivity index (χ3v) is 3.72. The molecular formula is C16H21FN4O2. The maximum absolute atomic E-state index is 13.4. The summed E-state index contributed by atoms with van der Waals surface area (Å²) in [6.07, 6.45) is -0.0102. The number of halogens is 1. The summed E-state index contributed by atoms with van der Waals surface area (Å²) < 4.78 is 19.1. The van der Waals surface area contributed by atoms with Gasteiger partial charge < -0.3 is 10.5 Å². The van der Waals surface area contributed by atoms with E-state index < -0.39 is 5.82 Å². The number of amides is 1. The zero-order valence-electron chi connectivity index (χ0n) is 13.2. The molecule has 2 rings (SSSR count). The van der Waals surface area contributed by atoms with Crippen LogP contribution in [0, 0.1) is 17.1 Å². The monoisotopic (exact) mass is 320 g/mol. The van der Waals surface area contributed by atoms with Gasteiger partial charge in [-0.2, -0.15) is 5.26 Å². The molecule has 1 aliphatic rings. The minimum Gasteiger partial charge on any atom is -0.374 e.